The lowest BCUT2D eigenvalue weighted by molar-refractivity contribution is -0.0107. The van der Waals surface area contributed by atoms with Crippen LogP contribution in [0.3, 0.4) is 0 Å². The van der Waals surface area contributed by atoms with Crippen LogP contribution in [0.5, 0.6) is 11.5 Å². The van der Waals surface area contributed by atoms with Gasteiger partial charge in [-0.3, -0.25) is 0 Å². The van der Waals surface area contributed by atoms with Crippen molar-refractivity contribution >= 4 is 0 Å². The largest absolute Gasteiger partial charge is 0.493 e. The maximum atomic E-state index is 5.73. The molecule has 0 aromatic heterocycles. The molecule has 1 N–H and O–H groups in total. The fourth-order valence-electron chi connectivity index (χ4n) is 2.38. The minimum Gasteiger partial charge on any atom is -0.493 e. The van der Waals surface area contributed by atoms with Gasteiger partial charge in [-0.1, -0.05) is 13.0 Å². The van der Waals surface area contributed by atoms with Crippen LogP contribution in [0.15, 0.2) is 18.2 Å². The lowest BCUT2D eigenvalue weighted by Gasteiger charge is -2.28. The van der Waals surface area contributed by atoms with Gasteiger partial charge < -0.3 is 19.5 Å². The molecule has 1 rings (SSSR count). The molecule has 0 saturated heterocycles. The highest BCUT2D eigenvalue weighted by molar-refractivity contribution is 5.43. The molecular formula is C17H29NO3. The highest BCUT2D eigenvalue weighted by Gasteiger charge is 2.20. The quantitative estimate of drug-likeness (QED) is 0.756. The highest BCUT2D eigenvalue weighted by atomic mass is 16.5. The summed E-state index contributed by atoms with van der Waals surface area (Å²) in [7, 11) is 3.31. The first kappa shape index (κ1) is 17.8. The molecule has 120 valence electrons. The Kier molecular flexibility index (Phi) is 6.99. The third kappa shape index (κ3) is 5.21. The molecule has 4 heteroatoms. The van der Waals surface area contributed by atoms with E-state index in [-0.39, 0.29) is 11.6 Å². The van der Waals surface area contributed by atoms with Crippen LogP contribution in [0, 0.1) is 0 Å². The van der Waals surface area contributed by atoms with Crippen LogP contribution in [-0.2, 0) is 4.74 Å². The lowest BCUT2D eigenvalue weighted by atomic mass is 10.0. The first-order valence-corrected chi connectivity index (χ1v) is 7.56. The van der Waals surface area contributed by atoms with Crippen LogP contribution in [0.1, 0.15) is 45.7 Å². The maximum Gasteiger partial charge on any atom is 0.161 e. The summed E-state index contributed by atoms with van der Waals surface area (Å²) in [4.78, 5) is 0. The van der Waals surface area contributed by atoms with Crippen molar-refractivity contribution < 1.29 is 14.2 Å². The Labute approximate surface area is 128 Å². The van der Waals surface area contributed by atoms with E-state index in [1.165, 1.54) is 5.56 Å². The Hall–Kier alpha value is -1.26. The highest BCUT2D eigenvalue weighted by Crippen LogP contribution is 2.31. The normalized spacial score (nSPS) is 13.0. The topological polar surface area (TPSA) is 39.7 Å². The predicted molar refractivity (Wildman–Crippen MR) is 86.3 cm³/mol. The molecule has 1 aromatic carbocycles. The molecule has 1 atom stereocenters. The number of hydrogen-bond donors (Lipinski definition) is 1. The minimum absolute atomic E-state index is 0.168. The average Bonchev–Trinajstić information content (AvgIpc) is 2.47. The molecule has 1 unspecified atom stereocenters. The predicted octanol–water partition coefficient (Wildman–Crippen LogP) is 3.56. The van der Waals surface area contributed by atoms with E-state index in [1.807, 2.05) is 19.1 Å². The van der Waals surface area contributed by atoms with Crippen LogP contribution in [0.2, 0.25) is 0 Å². The molecule has 0 fully saturated rings. The zero-order valence-corrected chi connectivity index (χ0v) is 14.2. The molecular weight excluding hydrogens is 266 g/mol. The third-order valence-electron chi connectivity index (χ3n) is 3.53. The molecule has 0 aliphatic rings. The van der Waals surface area contributed by atoms with Gasteiger partial charge in [0.05, 0.1) is 19.8 Å². The van der Waals surface area contributed by atoms with Crippen molar-refractivity contribution in [1.29, 1.82) is 0 Å². The summed E-state index contributed by atoms with van der Waals surface area (Å²) < 4.78 is 16.4. The Bertz CT molecular complexity index is 432. The van der Waals surface area contributed by atoms with Crippen LogP contribution in [0.4, 0.5) is 0 Å². The molecule has 21 heavy (non-hydrogen) atoms. The van der Waals surface area contributed by atoms with Crippen molar-refractivity contribution in [2.45, 2.75) is 45.8 Å². The summed E-state index contributed by atoms with van der Waals surface area (Å²) in [5, 5.41) is 3.58. The van der Waals surface area contributed by atoms with Gasteiger partial charge in [0.1, 0.15) is 0 Å². The number of methoxy groups -OCH3 is 2. The first-order chi connectivity index (χ1) is 9.97. The van der Waals surface area contributed by atoms with Gasteiger partial charge in [0, 0.05) is 19.2 Å². The van der Waals surface area contributed by atoms with Crippen molar-refractivity contribution in [3.8, 4) is 11.5 Å². The lowest BCUT2D eigenvalue weighted by Crippen LogP contribution is -2.39. The molecule has 0 radical (unpaired) electrons. The van der Waals surface area contributed by atoms with Gasteiger partial charge in [-0.25, -0.2) is 0 Å². The first-order valence-electron chi connectivity index (χ1n) is 7.56. The van der Waals surface area contributed by atoms with Gasteiger partial charge in [-0.15, -0.1) is 0 Å². The van der Waals surface area contributed by atoms with Crippen LogP contribution in [0.25, 0.3) is 0 Å². The fraction of sp³-hybridized carbons (Fsp3) is 0.647. The van der Waals surface area contributed by atoms with E-state index in [0.29, 0.717) is 0 Å². The van der Waals surface area contributed by atoms with Gasteiger partial charge in [0.15, 0.2) is 11.5 Å². The fourth-order valence-corrected chi connectivity index (χ4v) is 2.38. The number of benzene rings is 1. The number of ether oxygens (including phenoxy) is 3. The molecule has 0 spiro atoms. The van der Waals surface area contributed by atoms with Crippen molar-refractivity contribution in [1.82, 2.24) is 5.32 Å². The van der Waals surface area contributed by atoms with E-state index in [9.17, 15) is 0 Å². The summed E-state index contributed by atoms with van der Waals surface area (Å²) in [6.07, 6.45) is 0.998. The van der Waals surface area contributed by atoms with Crippen molar-refractivity contribution in [2.24, 2.45) is 0 Å². The third-order valence-corrected chi connectivity index (χ3v) is 3.53. The zero-order valence-electron chi connectivity index (χ0n) is 14.2. The number of hydrogen-bond acceptors (Lipinski definition) is 4. The summed E-state index contributed by atoms with van der Waals surface area (Å²) in [5.74, 6) is 1.52. The number of rotatable bonds is 9. The molecule has 0 aliphatic heterocycles. The van der Waals surface area contributed by atoms with Crippen molar-refractivity contribution in [3.05, 3.63) is 23.8 Å². The molecule has 0 bridgehead atoms. The van der Waals surface area contributed by atoms with Crippen LogP contribution >= 0.6 is 0 Å². The van der Waals surface area contributed by atoms with Gasteiger partial charge in [0.25, 0.3) is 0 Å². The molecule has 0 amide bonds. The second kappa shape index (κ2) is 8.25. The monoisotopic (exact) mass is 295 g/mol. The van der Waals surface area contributed by atoms with E-state index in [4.69, 9.17) is 14.2 Å². The maximum absolute atomic E-state index is 5.73. The smallest absolute Gasteiger partial charge is 0.161 e. The van der Waals surface area contributed by atoms with E-state index in [0.717, 1.165) is 31.1 Å². The van der Waals surface area contributed by atoms with Crippen molar-refractivity contribution in [2.75, 3.05) is 27.4 Å². The van der Waals surface area contributed by atoms with Gasteiger partial charge >= 0.3 is 0 Å². The summed E-state index contributed by atoms with van der Waals surface area (Å²) in [6, 6.07) is 6.33. The standard InChI is InChI=1S/C17H29NO3/c1-7-14(18-12-17(3,4)21-8-2)13-9-10-15(19-5)16(11-13)20-6/h9-11,14,18H,7-8,12H2,1-6H3. The van der Waals surface area contributed by atoms with Gasteiger partial charge in [-0.2, -0.15) is 0 Å². The summed E-state index contributed by atoms with van der Waals surface area (Å²) in [6.45, 7) is 9.92. The molecule has 4 nitrogen and oxygen atoms in total. The van der Waals surface area contributed by atoms with Crippen LogP contribution < -0.4 is 14.8 Å². The molecule has 0 heterocycles. The van der Waals surface area contributed by atoms with E-state index >= 15 is 0 Å². The summed E-state index contributed by atoms with van der Waals surface area (Å²) >= 11 is 0. The molecule has 0 aliphatic carbocycles. The zero-order chi connectivity index (χ0) is 15.9. The Morgan fingerprint density at radius 2 is 1.76 bits per heavy atom. The average molecular weight is 295 g/mol. The van der Waals surface area contributed by atoms with E-state index in [1.54, 1.807) is 14.2 Å². The van der Waals surface area contributed by atoms with Gasteiger partial charge in [-0.05, 0) is 44.9 Å². The van der Waals surface area contributed by atoms with Crippen molar-refractivity contribution in [3.63, 3.8) is 0 Å². The Morgan fingerprint density at radius 3 is 2.29 bits per heavy atom. The van der Waals surface area contributed by atoms with E-state index in [2.05, 4.69) is 32.2 Å². The summed E-state index contributed by atoms with van der Waals surface area (Å²) in [5.41, 5.74) is 1.03. The van der Waals surface area contributed by atoms with Gasteiger partial charge in [0.2, 0.25) is 0 Å². The molecule has 1 aromatic rings. The SMILES string of the molecule is CCOC(C)(C)CNC(CC)c1ccc(OC)c(OC)c1. The Balaban J connectivity index is 2.80. The molecule has 0 saturated carbocycles. The van der Waals surface area contributed by atoms with Crippen LogP contribution in [-0.4, -0.2) is 33.0 Å². The Morgan fingerprint density at radius 1 is 1.10 bits per heavy atom. The second-order valence-electron chi connectivity index (χ2n) is 5.65. The second-order valence-corrected chi connectivity index (χ2v) is 5.65. The number of nitrogens with one attached hydrogen (secondary N) is 1. The minimum atomic E-state index is -0.168. The van der Waals surface area contributed by atoms with E-state index < -0.39 is 0 Å².